The highest BCUT2D eigenvalue weighted by Crippen LogP contribution is 2.34. The van der Waals surface area contributed by atoms with Crippen LogP contribution in [0.1, 0.15) is 0 Å². The van der Waals surface area contributed by atoms with E-state index in [4.69, 9.17) is 9.47 Å². The first-order valence-corrected chi connectivity index (χ1v) is 10.6. The maximum atomic E-state index is 13.2. The fourth-order valence-corrected chi connectivity index (χ4v) is 4.08. The third kappa shape index (κ3) is 4.40. The zero-order chi connectivity index (χ0) is 23.5. The normalized spacial score (nSPS) is 20.0. The molecule has 2 unspecified atom stereocenters. The molecule has 0 aromatic heterocycles. The number of methoxy groups -OCH3 is 1. The molecule has 4 rings (SSSR count). The average molecular weight is 450 g/mol. The largest absolute Gasteiger partial charge is 0.457 e. The Labute approximate surface area is 192 Å². The molecule has 9 nitrogen and oxygen atoms in total. The zero-order valence-corrected chi connectivity index (χ0v) is 18.7. The number of fused-ring (bicyclic) bond motifs is 1. The van der Waals surface area contributed by atoms with Crippen LogP contribution in [-0.2, 0) is 14.3 Å². The van der Waals surface area contributed by atoms with Crippen LogP contribution in [0, 0.1) is 5.92 Å². The number of carbonyl (C=O) groups excluding carboxylic acids is 3. The van der Waals surface area contributed by atoms with Gasteiger partial charge in [0.05, 0.1) is 12.5 Å². The molecule has 0 bridgehead atoms. The molecule has 1 fully saturated rings. The number of urea groups is 1. The highest BCUT2D eigenvalue weighted by atomic mass is 16.5. The SMILES string of the molecule is COCCN1C(C(=O)Nc2ccc(Oc3ccccc3)cc2)=CC2C(=O)N(C)C(=O)N(C)C21. The van der Waals surface area contributed by atoms with Gasteiger partial charge in [-0.2, -0.15) is 0 Å². The van der Waals surface area contributed by atoms with E-state index in [9.17, 15) is 14.4 Å². The molecule has 2 aromatic rings. The standard InChI is InChI=1S/C24H26N4O5/c1-26-22-19(23(30)27(2)24(26)31)15-20(28(22)13-14-32-3)21(29)25-16-9-11-18(12-10-16)33-17-7-5-4-6-8-17/h4-12,15,19,22H,13-14H2,1-3H3,(H,25,29). The van der Waals surface area contributed by atoms with Crippen molar-refractivity contribution in [3.8, 4) is 11.5 Å². The molecular weight excluding hydrogens is 424 g/mol. The number of para-hydroxylation sites is 1. The smallest absolute Gasteiger partial charge is 0.327 e. The van der Waals surface area contributed by atoms with Gasteiger partial charge in [0.25, 0.3) is 5.91 Å². The van der Waals surface area contributed by atoms with E-state index in [1.165, 1.54) is 11.9 Å². The number of hydrogen-bond acceptors (Lipinski definition) is 6. The molecule has 2 aromatic carbocycles. The van der Waals surface area contributed by atoms with Crippen molar-refractivity contribution in [3.63, 3.8) is 0 Å². The van der Waals surface area contributed by atoms with Crippen LogP contribution in [0.25, 0.3) is 0 Å². The van der Waals surface area contributed by atoms with Gasteiger partial charge in [0.2, 0.25) is 5.91 Å². The van der Waals surface area contributed by atoms with Crippen LogP contribution in [0.4, 0.5) is 10.5 Å². The van der Waals surface area contributed by atoms with E-state index in [0.29, 0.717) is 30.3 Å². The number of hydrogen-bond donors (Lipinski definition) is 1. The first-order valence-electron chi connectivity index (χ1n) is 10.6. The summed E-state index contributed by atoms with van der Waals surface area (Å²) in [5.74, 6) is 0.0251. The van der Waals surface area contributed by atoms with Gasteiger partial charge in [0.15, 0.2) is 0 Å². The second-order valence-corrected chi connectivity index (χ2v) is 7.86. The minimum absolute atomic E-state index is 0.329. The summed E-state index contributed by atoms with van der Waals surface area (Å²) in [7, 11) is 4.63. The second-order valence-electron chi connectivity index (χ2n) is 7.86. The fourth-order valence-electron chi connectivity index (χ4n) is 4.08. The lowest BCUT2D eigenvalue weighted by Gasteiger charge is -2.43. The number of benzene rings is 2. The second kappa shape index (κ2) is 9.33. The zero-order valence-electron chi connectivity index (χ0n) is 18.7. The summed E-state index contributed by atoms with van der Waals surface area (Å²) in [4.78, 5) is 42.7. The fraction of sp³-hybridized carbons (Fsp3) is 0.292. The van der Waals surface area contributed by atoms with Crippen LogP contribution in [0.15, 0.2) is 66.4 Å². The number of ether oxygens (including phenoxy) is 2. The summed E-state index contributed by atoms with van der Waals surface area (Å²) in [5, 5.41) is 2.87. The van der Waals surface area contributed by atoms with Crippen LogP contribution in [0.5, 0.6) is 11.5 Å². The van der Waals surface area contributed by atoms with Gasteiger partial charge in [0, 0.05) is 33.4 Å². The molecule has 2 heterocycles. The third-order valence-electron chi connectivity index (χ3n) is 5.75. The van der Waals surface area contributed by atoms with Gasteiger partial charge in [-0.1, -0.05) is 18.2 Å². The minimum atomic E-state index is -0.628. The molecule has 0 radical (unpaired) electrons. The van der Waals surface area contributed by atoms with Gasteiger partial charge in [-0.15, -0.1) is 0 Å². The van der Waals surface area contributed by atoms with Crippen LogP contribution >= 0.6 is 0 Å². The van der Waals surface area contributed by atoms with Crippen LogP contribution in [-0.4, -0.2) is 73.1 Å². The van der Waals surface area contributed by atoms with Crippen LogP contribution < -0.4 is 10.1 Å². The highest BCUT2D eigenvalue weighted by Gasteiger charge is 2.50. The highest BCUT2D eigenvalue weighted by molar-refractivity contribution is 6.06. The maximum Gasteiger partial charge on any atom is 0.327 e. The number of amides is 4. The molecule has 0 saturated carbocycles. The molecule has 4 amide bonds. The summed E-state index contributed by atoms with van der Waals surface area (Å²) in [6.07, 6.45) is 1.06. The maximum absolute atomic E-state index is 13.2. The van der Waals surface area contributed by atoms with Crippen molar-refractivity contribution in [2.45, 2.75) is 6.17 Å². The van der Waals surface area contributed by atoms with Gasteiger partial charge in [-0.25, -0.2) is 4.79 Å². The van der Waals surface area contributed by atoms with E-state index >= 15 is 0 Å². The molecule has 2 aliphatic rings. The Bertz CT molecular complexity index is 1070. The van der Waals surface area contributed by atoms with Gasteiger partial charge in [-0.05, 0) is 42.5 Å². The predicted molar refractivity (Wildman–Crippen MR) is 121 cm³/mol. The molecule has 2 atom stereocenters. The van der Waals surface area contributed by atoms with Crippen molar-refractivity contribution < 1.29 is 23.9 Å². The van der Waals surface area contributed by atoms with E-state index < -0.39 is 18.1 Å². The number of anilines is 1. The topological polar surface area (TPSA) is 91.4 Å². The Morgan fingerprint density at radius 1 is 1.00 bits per heavy atom. The van der Waals surface area contributed by atoms with Gasteiger partial charge in [0.1, 0.15) is 23.4 Å². The number of nitrogens with zero attached hydrogens (tertiary/aromatic N) is 3. The number of rotatable bonds is 7. The lowest BCUT2D eigenvalue weighted by Crippen LogP contribution is -2.62. The van der Waals surface area contributed by atoms with Crippen molar-refractivity contribution in [1.29, 1.82) is 0 Å². The molecule has 1 saturated heterocycles. The average Bonchev–Trinajstić information content (AvgIpc) is 3.21. The first kappa shape index (κ1) is 22.3. The Kier molecular flexibility index (Phi) is 6.32. The molecule has 9 heteroatoms. The van der Waals surface area contributed by atoms with Crippen molar-refractivity contribution in [3.05, 3.63) is 66.4 Å². The van der Waals surface area contributed by atoms with Crippen molar-refractivity contribution >= 4 is 23.5 Å². The Balaban J connectivity index is 1.51. The number of imide groups is 1. The van der Waals surface area contributed by atoms with Crippen LogP contribution in [0.2, 0.25) is 0 Å². The lowest BCUT2D eigenvalue weighted by molar-refractivity contribution is -0.137. The van der Waals surface area contributed by atoms with Crippen LogP contribution in [0.3, 0.4) is 0 Å². The summed E-state index contributed by atoms with van der Waals surface area (Å²) in [6.45, 7) is 0.695. The summed E-state index contributed by atoms with van der Waals surface area (Å²) in [6, 6.07) is 16.0. The monoisotopic (exact) mass is 450 g/mol. The number of nitrogens with one attached hydrogen (secondary N) is 1. The molecular formula is C24H26N4O5. The van der Waals surface area contributed by atoms with E-state index in [2.05, 4.69) is 5.32 Å². The van der Waals surface area contributed by atoms with Gasteiger partial charge < -0.3 is 24.6 Å². The molecule has 0 spiro atoms. The summed E-state index contributed by atoms with van der Waals surface area (Å²) < 4.78 is 11.0. The third-order valence-corrected chi connectivity index (χ3v) is 5.75. The quantitative estimate of drug-likeness (QED) is 0.698. The molecule has 172 valence electrons. The van der Waals surface area contributed by atoms with E-state index in [1.807, 2.05) is 30.3 Å². The molecule has 33 heavy (non-hydrogen) atoms. The Hall–Kier alpha value is -3.85. The van der Waals surface area contributed by atoms with Crippen molar-refractivity contribution in [2.24, 2.45) is 5.92 Å². The minimum Gasteiger partial charge on any atom is -0.457 e. The molecule has 2 aliphatic heterocycles. The van der Waals surface area contributed by atoms with E-state index in [0.717, 1.165) is 10.6 Å². The first-order chi connectivity index (χ1) is 15.9. The summed E-state index contributed by atoms with van der Waals surface area (Å²) >= 11 is 0. The predicted octanol–water partition coefficient (Wildman–Crippen LogP) is 2.73. The van der Waals surface area contributed by atoms with Gasteiger partial charge >= 0.3 is 6.03 Å². The number of carbonyl (C=O) groups is 3. The van der Waals surface area contributed by atoms with Crippen molar-refractivity contribution in [2.75, 3.05) is 39.7 Å². The molecule has 1 N–H and O–H groups in total. The van der Waals surface area contributed by atoms with E-state index in [1.54, 1.807) is 49.4 Å². The van der Waals surface area contributed by atoms with E-state index in [-0.39, 0.29) is 11.8 Å². The summed E-state index contributed by atoms with van der Waals surface area (Å²) in [5.41, 5.74) is 0.908. The Morgan fingerprint density at radius 3 is 2.33 bits per heavy atom. The van der Waals surface area contributed by atoms with Crippen molar-refractivity contribution in [1.82, 2.24) is 14.7 Å². The lowest BCUT2D eigenvalue weighted by atomic mass is 10.0. The molecule has 0 aliphatic carbocycles. The van der Waals surface area contributed by atoms with Gasteiger partial charge in [-0.3, -0.25) is 14.5 Å². The Morgan fingerprint density at radius 2 is 1.67 bits per heavy atom.